The second-order valence-electron chi connectivity index (χ2n) is 7.79. The van der Waals surface area contributed by atoms with Crippen LogP contribution in [0.15, 0.2) is 55.6 Å². The van der Waals surface area contributed by atoms with Gasteiger partial charge in [0.05, 0.1) is 31.8 Å². The fraction of sp³-hybridized carbons (Fsp3) is 0.480. The lowest BCUT2D eigenvalue weighted by Gasteiger charge is -2.22. The van der Waals surface area contributed by atoms with Crippen LogP contribution in [0.2, 0.25) is 0 Å². The normalized spacial score (nSPS) is 13.3. The molecule has 0 fully saturated rings. The standard InChI is InChI=1S/C25H36N2O6/c1-4-6-13-24(30)33-18-22(17-32-16-20-11-8-7-9-12-20)27-25(31)21(10-5-2)14-23(29)26-19(3)15-28/h4-5,7-9,11-12,19,21-22,28H,1-2,6,10,13-18H2,3H3,(H,26,29)(H,27,31)/t19-,21-,22+/m1/s1. The van der Waals surface area contributed by atoms with Crippen LogP contribution < -0.4 is 10.6 Å². The molecule has 0 saturated carbocycles. The number of carbonyl (C=O) groups is 3. The summed E-state index contributed by atoms with van der Waals surface area (Å²) in [5, 5.41) is 14.6. The third-order valence-electron chi connectivity index (χ3n) is 4.71. The molecule has 0 aliphatic heterocycles. The van der Waals surface area contributed by atoms with E-state index >= 15 is 0 Å². The number of nitrogens with one attached hydrogen (secondary N) is 2. The van der Waals surface area contributed by atoms with Crippen LogP contribution in [0.4, 0.5) is 0 Å². The molecule has 8 nitrogen and oxygen atoms in total. The molecule has 3 N–H and O–H groups in total. The molecule has 182 valence electrons. The second kappa shape index (κ2) is 16.6. The van der Waals surface area contributed by atoms with Gasteiger partial charge >= 0.3 is 5.97 Å². The summed E-state index contributed by atoms with van der Waals surface area (Å²) in [5.74, 6) is -1.75. The maximum Gasteiger partial charge on any atom is 0.306 e. The first-order valence-corrected chi connectivity index (χ1v) is 11.1. The molecule has 0 saturated heterocycles. The molecule has 0 heterocycles. The van der Waals surface area contributed by atoms with E-state index in [0.29, 0.717) is 19.4 Å². The molecule has 2 amide bonds. The molecule has 0 bridgehead atoms. The van der Waals surface area contributed by atoms with Crippen molar-refractivity contribution in [3.8, 4) is 0 Å². The Morgan fingerprint density at radius 2 is 1.82 bits per heavy atom. The van der Waals surface area contributed by atoms with Gasteiger partial charge in [0.15, 0.2) is 0 Å². The van der Waals surface area contributed by atoms with Gasteiger partial charge in [-0.3, -0.25) is 14.4 Å². The van der Waals surface area contributed by atoms with Gasteiger partial charge in [0.1, 0.15) is 6.61 Å². The summed E-state index contributed by atoms with van der Waals surface area (Å²) in [6, 6.07) is 8.58. The Balaban J connectivity index is 2.73. The van der Waals surface area contributed by atoms with E-state index in [4.69, 9.17) is 14.6 Å². The number of aliphatic hydroxyl groups is 1. The highest BCUT2D eigenvalue weighted by Crippen LogP contribution is 2.11. The number of hydrogen-bond donors (Lipinski definition) is 3. The van der Waals surface area contributed by atoms with Crippen molar-refractivity contribution in [2.45, 2.75) is 51.3 Å². The minimum Gasteiger partial charge on any atom is -0.463 e. The van der Waals surface area contributed by atoms with Gasteiger partial charge in [-0.2, -0.15) is 0 Å². The number of esters is 1. The SMILES string of the molecule is C=CCCC(=O)OC[C@H](COCc1ccccc1)NC(=O)[C@H](CC=C)CC(=O)N[C@H](C)CO. The number of allylic oxidation sites excluding steroid dienone is 2. The second-order valence-corrected chi connectivity index (χ2v) is 7.79. The van der Waals surface area contributed by atoms with Crippen molar-refractivity contribution in [1.29, 1.82) is 0 Å². The first-order chi connectivity index (χ1) is 15.9. The molecule has 0 aliphatic rings. The average Bonchev–Trinajstić information content (AvgIpc) is 2.81. The predicted octanol–water partition coefficient (Wildman–Crippen LogP) is 2.28. The maximum atomic E-state index is 12.9. The number of hydrogen-bond acceptors (Lipinski definition) is 6. The molecule has 0 unspecified atom stereocenters. The van der Waals surface area contributed by atoms with E-state index in [1.807, 2.05) is 30.3 Å². The summed E-state index contributed by atoms with van der Waals surface area (Å²) >= 11 is 0. The van der Waals surface area contributed by atoms with E-state index in [9.17, 15) is 14.4 Å². The number of rotatable bonds is 17. The van der Waals surface area contributed by atoms with Crippen LogP contribution in [0, 0.1) is 5.92 Å². The zero-order chi connectivity index (χ0) is 24.5. The van der Waals surface area contributed by atoms with E-state index in [1.165, 1.54) is 0 Å². The molecule has 0 aromatic heterocycles. The summed E-state index contributed by atoms with van der Waals surface area (Å²) < 4.78 is 11.0. The number of amides is 2. The van der Waals surface area contributed by atoms with E-state index in [1.54, 1.807) is 19.1 Å². The van der Waals surface area contributed by atoms with Crippen molar-refractivity contribution in [3.05, 3.63) is 61.2 Å². The van der Waals surface area contributed by atoms with Crippen molar-refractivity contribution >= 4 is 17.8 Å². The summed E-state index contributed by atoms with van der Waals surface area (Å²) in [6.07, 6.45) is 4.15. The fourth-order valence-electron chi connectivity index (χ4n) is 2.92. The van der Waals surface area contributed by atoms with Crippen molar-refractivity contribution in [1.82, 2.24) is 10.6 Å². The number of carbonyl (C=O) groups excluding carboxylic acids is 3. The van der Waals surface area contributed by atoms with Crippen molar-refractivity contribution in [3.63, 3.8) is 0 Å². The van der Waals surface area contributed by atoms with Crippen LogP contribution in [-0.2, 0) is 30.5 Å². The quantitative estimate of drug-likeness (QED) is 0.243. The molecule has 8 heteroatoms. The van der Waals surface area contributed by atoms with Gasteiger partial charge in [-0.1, -0.05) is 42.5 Å². The van der Waals surface area contributed by atoms with Gasteiger partial charge in [-0.25, -0.2) is 0 Å². The first-order valence-electron chi connectivity index (χ1n) is 11.1. The van der Waals surface area contributed by atoms with E-state index in [0.717, 1.165) is 5.56 Å². The predicted molar refractivity (Wildman–Crippen MR) is 126 cm³/mol. The van der Waals surface area contributed by atoms with E-state index < -0.39 is 24.0 Å². The smallest absolute Gasteiger partial charge is 0.306 e. The summed E-state index contributed by atoms with van der Waals surface area (Å²) in [4.78, 5) is 37.0. The molecular weight excluding hydrogens is 424 g/mol. The largest absolute Gasteiger partial charge is 0.463 e. The van der Waals surface area contributed by atoms with Crippen molar-refractivity contribution in [2.75, 3.05) is 19.8 Å². The number of benzene rings is 1. The van der Waals surface area contributed by atoms with Crippen LogP contribution in [-0.4, -0.2) is 54.8 Å². The highest BCUT2D eigenvalue weighted by molar-refractivity contribution is 5.86. The Hall–Kier alpha value is -2.97. The number of ether oxygens (including phenoxy) is 2. The van der Waals surface area contributed by atoms with Crippen LogP contribution in [0.1, 0.15) is 38.2 Å². The molecular formula is C25H36N2O6. The summed E-state index contributed by atoms with van der Waals surface area (Å²) in [7, 11) is 0. The Bertz CT molecular complexity index is 753. The highest BCUT2D eigenvalue weighted by Gasteiger charge is 2.24. The minimum atomic E-state index is -0.651. The van der Waals surface area contributed by atoms with Gasteiger partial charge in [0.2, 0.25) is 11.8 Å². The van der Waals surface area contributed by atoms with Crippen molar-refractivity contribution < 1.29 is 29.0 Å². The summed E-state index contributed by atoms with van der Waals surface area (Å²) in [6.45, 7) is 9.14. The van der Waals surface area contributed by atoms with Crippen LogP contribution >= 0.6 is 0 Å². The van der Waals surface area contributed by atoms with Crippen molar-refractivity contribution in [2.24, 2.45) is 5.92 Å². The molecule has 33 heavy (non-hydrogen) atoms. The summed E-state index contributed by atoms with van der Waals surface area (Å²) in [5.41, 5.74) is 0.977. The molecule has 0 radical (unpaired) electrons. The van der Waals surface area contributed by atoms with Gasteiger partial charge in [0, 0.05) is 18.9 Å². The fourth-order valence-corrected chi connectivity index (χ4v) is 2.92. The molecule has 0 spiro atoms. The number of aliphatic hydroxyl groups excluding tert-OH is 1. The van der Waals surface area contributed by atoms with Gasteiger partial charge < -0.3 is 25.2 Å². The minimum absolute atomic E-state index is 0.0505. The monoisotopic (exact) mass is 460 g/mol. The van der Waals surface area contributed by atoms with Gasteiger partial charge in [-0.05, 0) is 25.3 Å². The molecule has 0 aliphatic carbocycles. The van der Waals surface area contributed by atoms with Crippen LogP contribution in [0.25, 0.3) is 0 Å². The molecule has 1 aromatic carbocycles. The van der Waals surface area contributed by atoms with Crippen LogP contribution in [0.3, 0.4) is 0 Å². The van der Waals surface area contributed by atoms with E-state index in [-0.39, 0.29) is 44.5 Å². The third-order valence-corrected chi connectivity index (χ3v) is 4.71. The topological polar surface area (TPSA) is 114 Å². The Morgan fingerprint density at radius 3 is 2.45 bits per heavy atom. The molecule has 3 atom stereocenters. The zero-order valence-corrected chi connectivity index (χ0v) is 19.3. The highest BCUT2D eigenvalue weighted by atomic mass is 16.5. The Labute approximate surface area is 196 Å². The Kier molecular flexibility index (Phi) is 14.1. The lowest BCUT2D eigenvalue weighted by Crippen LogP contribution is -2.46. The lowest BCUT2D eigenvalue weighted by molar-refractivity contribution is -0.145. The van der Waals surface area contributed by atoms with Gasteiger partial charge in [-0.15, -0.1) is 13.2 Å². The molecule has 1 rings (SSSR count). The maximum absolute atomic E-state index is 12.9. The van der Waals surface area contributed by atoms with Gasteiger partial charge in [0.25, 0.3) is 0 Å². The zero-order valence-electron chi connectivity index (χ0n) is 19.3. The van der Waals surface area contributed by atoms with Crippen LogP contribution in [0.5, 0.6) is 0 Å². The molecule has 1 aromatic rings. The lowest BCUT2D eigenvalue weighted by atomic mass is 9.99. The first kappa shape index (κ1) is 28.1. The average molecular weight is 461 g/mol. The third kappa shape index (κ3) is 12.6. The van der Waals surface area contributed by atoms with E-state index in [2.05, 4.69) is 23.8 Å². The Morgan fingerprint density at radius 1 is 1.09 bits per heavy atom.